The summed E-state index contributed by atoms with van der Waals surface area (Å²) in [6.45, 7) is 0.375. The van der Waals surface area contributed by atoms with Crippen LogP contribution < -0.4 is 16.6 Å². The fourth-order valence-electron chi connectivity index (χ4n) is 1.73. The number of nitrogens with two attached hydrogens (primary N) is 1. The number of amides is 2. The predicted molar refractivity (Wildman–Crippen MR) is 74.8 cm³/mol. The van der Waals surface area contributed by atoms with Crippen LogP contribution in [0.15, 0.2) is 29.1 Å². The van der Waals surface area contributed by atoms with E-state index in [0.29, 0.717) is 17.3 Å². The second kappa shape index (κ2) is 6.51. The van der Waals surface area contributed by atoms with Crippen LogP contribution in [-0.2, 0) is 4.74 Å². The fraction of sp³-hybridized carbons (Fsp3) is 0.231. The molecular weight excluding hydrogens is 276 g/mol. The number of para-hydroxylation sites is 1. The van der Waals surface area contributed by atoms with Crippen molar-refractivity contribution in [1.82, 2.24) is 15.3 Å². The minimum Gasteiger partial charge on any atom is -0.450 e. The van der Waals surface area contributed by atoms with E-state index < -0.39 is 17.6 Å². The highest BCUT2D eigenvalue weighted by molar-refractivity contribution is 5.92. The lowest BCUT2D eigenvalue weighted by atomic mass is 10.2. The Morgan fingerprint density at radius 1 is 1.33 bits per heavy atom. The maximum Gasteiger partial charge on any atom is 0.404 e. The van der Waals surface area contributed by atoms with Crippen molar-refractivity contribution in [3.63, 3.8) is 0 Å². The van der Waals surface area contributed by atoms with Crippen molar-refractivity contribution in [2.75, 3.05) is 13.2 Å². The van der Waals surface area contributed by atoms with Crippen molar-refractivity contribution >= 4 is 22.9 Å². The van der Waals surface area contributed by atoms with Gasteiger partial charge in [-0.15, -0.1) is 0 Å². The van der Waals surface area contributed by atoms with Crippen LogP contribution in [0.3, 0.4) is 0 Å². The summed E-state index contributed by atoms with van der Waals surface area (Å²) in [6, 6.07) is 6.79. The lowest BCUT2D eigenvalue weighted by Crippen LogP contribution is -2.29. The molecule has 0 saturated heterocycles. The van der Waals surface area contributed by atoms with Crippen LogP contribution in [0, 0.1) is 0 Å². The number of fused-ring (bicyclic) bond motifs is 1. The Hall–Kier alpha value is -2.90. The van der Waals surface area contributed by atoms with Gasteiger partial charge in [-0.25, -0.2) is 4.79 Å². The molecule has 0 aliphatic heterocycles. The lowest BCUT2D eigenvalue weighted by molar-refractivity contribution is 0.0939. The molecule has 1 heterocycles. The average molecular weight is 290 g/mol. The molecule has 2 aromatic rings. The SMILES string of the molecule is NC(=O)OCCCNC(=O)c1nc(=O)c2ccccc2[nH]1. The van der Waals surface area contributed by atoms with Gasteiger partial charge in [0, 0.05) is 6.54 Å². The molecule has 0 saturated carbocycles. The Morgan fingerprint density at radius 2 is 2.10 bits per heavy atom. The highest BCUT2D eigenvalue weighted by atomic mass is 16.5. The Balaban J connectivity index is 2.00. The highest BCUT2D eigenvalue weighted by Gasteiger charge is 2.10. The van der Waals surface area contributed by atoms with Crippen molar-refractivity contribution in [2.24, 2.45) is 5.73 Å². The number of hydrogen-bond acceptors (Lipinski definition) is 5. The van der Waals surface area contributed by atoms with E-state index in [1.54, 1.807) is 24.3 Å². The number of ether oxygens (including phenoxy) is 1. The first-order valence-electron chi connectivity index (χ1n) is 6.27. The fourth-order valence-corrected chi connectivity index (χ4v) is 1.73. The quantitative estimate of drug-likeness (QED) is 0.675. The molecule has 0 atom stereocenters. The van der Waals surface area contributed by atoms with Crippen LogP contribution in [0.1, 0.15) is 17.0 Å². The van der Waals surface area contributed by atoms with Gasteiger partial charge in [-0.3, -0.25) is 9.59 Å². The number of nitrogens with one attached hydrogen (secondary N) is 2. The molecule has 0 aliphatic rings. The van der Waals surface area contributed by atoms with Crippen LogP contribution in [0.2, 0.25) is 0 Å². The highest BCUT2D eigenvalue weighted by Crippen LogP contribution is 2.05. The number of carbonyl (C=O) groups excluding carboxylic acids is 2. The smallest absolute Gasteiger partial charge is 0.404 e. The number of aromatic amines is 1. The van der Waals surface area contributed by atoms with Crippen LogP contribution in [0.25, 0.3) is 10.9 Å². The number of carbonyl (C=O) groups is 2. The van der Waals surface area contributed by atoms with Gasteiger partial charge in [-0.1, -0.05) is 12.1 Å². The molecule has 8 nitrogen and oxygen atoms in total. The van der Waals surface area contributed by atoms with Gasteiger partial charge >= 0.3 is 6.09 Å². The van der Waals surface area contributed by atoms with Gasteiger partial charge in [0.2, 0.25) is 0 Å². The molecule has 0 radical (unpaired) electrons. The van der Waals surface area contributed by atoms with Gasteiger partial charge in [0.1, 0.15) is 0 Å². The van der Waals surface area contributed by atoms with Crippen molar-refractivity contribution in [1.29, 1.82) is 0 Å². The third-order valence-electron chi connectivity index (χ3n) is 2.69. The average Bonchev–Trinajstić information content (AvgIpc) is 2.46. The van der Waals surface area contributed by atoms with Crippen molar-refractivity contribution in [3.05, 3.63) is 40.4 Å². The van der Waals surface area contributed by atoms with Gasteiger partial charge in [-0.05, 0) is 18.6 Å². The number of nitrogens with zero attached hydrogens (tertiary/aromatic N) is 1. The maximum absolute atomic E-state index is 11.9. The number of aromatic nitrogens is 2. The third kappa shape index (κ3) is 3.78. The van der Waals surface area contributed by atoms with Crippen LogP contribution >= 0.6 is 0 Å². The second-order valence-electron chi connectivity index (χ2n) is 4.21. The number of rotatable bonds is 5. The van der Waals surface area contributed by atoms with Gasteiger partial charge in [0.25, 0.3) is 11.5 Å². The van der Waals surface area contributed by atoms with E-state index in [1.165, 1.54) is 0 Å². The van der Waals surface area contributed by atoms with Gasteiger partial charge in [0.15, 0.2) is 5.82 Å². The van der Waals surface area contributed by atoms with E-state index >= 15 is 0 Å². The maximum atomic E-state index is 11.9. The molecule has 2 amide bonds. The molecule has 4 N–H and O–H groups in total. The number of H-pyrrole nitrogens is 1. The molecule has 8 heteroatoms. The summed E-state index contributed by atoms with van der Waals surface area (Å²) >= 11 is 0. The Labute approximate surface area is 119 Å². The zero-order valence-electron chi connectivity index (χ0n) is 11.1. The van der Waals surface area contributed by atoms with Gasteiger partial charge in [-0.2, -0.15) is 4.98 Å². The summed E-state index contributed by atoms with van der Waals surface area (Å²) in [7, 11) is 0. The molecule has 0 unspecified atom stereocenters. The molecule has 0 spiro atoms. The van der Waals surface area contributed by atoms with E-state index in [1.807, 2.05) is 0 Å². The molecule has 0 fully saturated rings. The minimum atomic E-state index is -0.859. The van der Waals surface area contributed by atoms with E-state index in [0.717, 1.165) is 0 Å². The molecule has 21 heavy (non-hydrogen) atoms. The lowest BCUT2D eigenvalue weighted by Gasteiger charge is -2.05. The van der Waals surface area contributed by atoms with Crippen molar-refractivity contribution in [2.45, 2.75) is 6.42 Å². The first-order chi connectivity index (χ1) is 10.1. The van der Waals surface area contributed by atoms with Crippen LogP contribution in [-0.4, -0.2) is 35.1 Å². The van der Waals surface area contributed by atoms with E-state index in [4.69, 9.17) is 5.73 Å². The number of primary amides is 1. The summed E-state index contributed by atoms with van der Waals surface area (Å²) < 4.78 is 4.52. The summed E-state index contributed by atoms with van der Waals surface area (Å²) in [5, 5.41) is 2.98. The van der Waals surface area contributed by atoms with Crippen LogP contribution in [0.5, 0.6) is 0 Å². The zero-order valence-corrected chi connectivity index (χ0v) is 11.1. The zero-order chi connectivity index (χ0) is 15.2. The Kier molecular flexibility index (Phi) is 4.50. The molecule has 110 valence electrons. The minimum absolute atomic E-state index is 0.0606. The monoisotopic (exact) mass is 290 g/mol. The summed E-state index contributed by atoms with van der Waals surface area (Å²) in [6.07, 6.45) is -0.450. The largest absolute Gasteiger partial charge is 0.450 e. The van der Waals surface area contributed by atoms with E-state index in [2.05, 4.69) is 20.0 Å². The second-order valence-corrected chi connectivity index (χ2v) is 4.21. The standard InChI is InChI=1S/C13H14N4O4/c14-13(20)21-7-3-6-15-12(19)10-16-9-5-2-1-4-8(9)11(18)17-10/h1-2,4-5H,3,6-7H2,(H2,14,20)(H,15,19)(H,16,17,18). The third-order valence-corrected chi connectivity index (χ3v) is 2.69. The first-order valence-corrected chi connectivity index (χ1v) is 6.27. The molecule has 2 rings (SSSR count). The summed E-state index contributed by atoms with van der Waals surface area (Å²) in [5.41, 5.74) is 4.87. The number of benzene rings is 1. The van der Waals surface area contributed by atoms with E-state index in [9.17, 15) is 14.4 Å². The van der Waals surface area contributed by atoms with Crippen molar-refractivity contribution in [3.8, 4) is 0 Å². The number of hydrogen-bond donors (Lipinski definition) is 3. The van der Waals surface area contributed by atoms with Gasteiger partial charge in [0.05, 0.1) is 17.5 Å². The Bertz CT molecular complexity index is 725. The summed E-state index contributed by atoms with van der Waals surface area (Å²) in [4.78, 5) is 40.5. The predicted octanol–water partition coefficient (Wildman–Crippen LogP) is 0.138. The van der Waals surface area contributed by atoms with Crippen molar-refractivity contribution < 1.29 is 14.3 Å². The molecular formula is C13H14N4O4. The molecule has 1 aromatic carbocycles. The molecule has 0 aliphatic carbocycles. The molecule has 1 aromatic heterocycles. The van der Waals surface area contributed by atoms with Crippen LogP contribution in [0.4, 0.5) is 4.79 Å². The molecule has 0 bridgehead atoms. The topological polar surface area (TPSA) is 127 Å². The summed E-state index contributed by atoms with van der Waals surface area (Å²) in [5.74, 6) is -0.563. The normalized spacial score (nSPS) is 10.3. The Morgan fingerprint density at radius 3 is 2.86 bits per heavy atom. The first kappa shape index (κ1) is 14.5. The van der Waals surface area contributed by atoms with E-state index in [-0.39, 0.29) is 19.0 Å². The van der Waals surface area contributed by atoms with Gasteiger partial charge < -0.3 is 20.8 Å².